The van der Waals surface area contributed by atoms with Crippen molar-refractivity contribution < 1.29 is 19.4 Å². The Kier molecular flexibility index (Phi) is 17.2. The second kappa shape index (κ2) is 17.9. The molecule has 0 heterocycles. The molecule has 0 aromatic heterocycles. The van der Waals surface area contributed by atoms with Gasteiger partial charge in [-0.1, -0.05) is 71.6 Å². The monoisotopic (exact) mass is 375 g/mol. The van der Waals surface area contributed by atoms with Gasteiger partial charge in [0.1, 0.15) is 6.04 Å². The van der Waals surface area contributed by atoms with Crippen LogP contribution in [-0.2, 0) is 9.53 Å². The van der Waals surface area contributed by atoms with E-state index in [2.05, 4.69) is 12.2 Å². The van der Waals surface area contributed by atoms with E-state index in [-0.39, 0.29) is 0 Å². The molecule has 0 spiro atoms. The molecule has 1 amide bonds. The number of amides is 1. The van der Waals surface area contributed by atoms with E-state index in [0.29, 0.717) is 12.4 Å². The van der Waals surface area contributed by atoms with Gasteiger partial charge >= 0.3 is 12.1 Å². The lowest BCUT2D eigenvalue weighted by Gasteiger charge is -2.14. The molecule has 0 aliphatic rings. The smallest absolute Gasteiger partial charge is 0.407 e. The van der Waals surface area contributed by atoms with Gasteiger partial charge in [0.05, 0.1) is 6.61 Å². The first-order valence-electron chi connectivity index (χ1n) is 9.85. The van der Waals surface area contributed by atoms with Crippen molar-refractivity contribution in [1.82, 2.24) is 5.32 Å². The van der Waals surface area contributed by atoms with Crippen molar-refractivity contribution in [2.45, 2.75) is 90.5 Å². The third-order valence-electron chi connectivity index (χ3n) is 3.95. The van der Waals surface area contributed by atoms with Crippen LogP contribution in [0.5, 0.6) is 0 Å². The highest BCUT2D eigenvalue weighted by molar-refractivity contribution is 7.99. The predicted molar refractivity (Wildman–Crippen MR) is 105 cm³/mol. The summed E-state index contributed by atoms with van der Waals surface area (Å²) in [6.45, 7) is 4.44. The van der Waals surface area contributed by atoms with Crippen LogP contribution in [0.2, 0.25) is 0 Å². The zero-order valence-corrected chi connectivity index (χ0v) is 16.9. The van der Waals surface area contributed by atoms with Crippen molar-refractivity contribution in [3.05, 3.63) is 0 Å². The molecule has 0 rings (SSSR count). The van der Waals surface area contributed by atoms with E-state index in [4.69, 9.17) is 9.84 Å². The molecule has 0 saturated heterocycles. The number of carbonyl (C=O) groups excluding carboxylic acids is 1. The largest absolute Gasteiger partial charge is 0.480 e. The van der Waals surface area contributed by atoms with Gasteiger partial charge in [0, 0.05) is 5.75 Å². The average molecular weight is 376 g/mol. The van der Waals surface area contributed by atoms with Gasteiger partial charge in [-0.05, 0) is 18.6 Å². The van der Waals surface area contributed by atoms with Crippen LogP contribution in [0.1, 0.15) is 84.5 Å². The molecule has 5 nitrogen and oxygen atoms in total. The molecule has 1 atom stereocenters. The summed E-state index contributed by atoms with van der Waals surface area (Å²) < 4.78 is 4.86. The van der Waals surface area contributed by atoms with E-state index >= 15 is 0 Å². The summed E-state index contributed by atoms with van der Waals surface area (Å²) in [5, 5.41) is 11.6. The number of carbonyl (C=O) groups is 2. The highest BCUT2D eigenvalue weighted by atomic mass is 32.2. The zero-order chi connectivity index (χ0) is 18.8. The van der Waals surface area contributed by atoms with E-state index in [0.717, 1.165) is 18.6 Å². The lowest BCUT2D eigenvalue weighted by molar-refractivity contribution is -0.138. The molecular weight excluding hydrogens is 338 g/mol. The van der Waals surface area contributed by atoms with E-state index in [1.54, 1.807) is 11.8 Å². The van der Waals surface area contributed by atoms with Crippen LogP contribution in [0.25, 0.3) is 0 Å². The first-order chi connectivity index (χ1) is 12.1. The number of carboxylic acids is 1. The van der Waals surface area contributed by atoms with E-state index < -0.39 is 18.1 Å². The molecule has 2 N–H and O–H groups in total. The van der Waals surface area contributed by atoms with Crippen LogP contribution in [0.3, 0.4) is 0 Å². The minimum atomic E-state index is -1.01. The molecule has 0 saturated carbocycles. The van der Waals surface area contributed by atoms with E-state index in [1.807, 2.05) is 6.92 Å². The molecule has 0 radical (unpaired) electrons. The van der Waals surface area contributed by atoms with Crippen molar-refractivity contribution in [2.24, 2.45) is 0 Å². The summed E-state index contributed by atoms with van der Waals surface area (Å²) in [6, 6.07) is -0.877. The van der Waals surface area contributed by atoms with Crippen LogP contribution in [0.15, 0.2) is 0 Å². The molecule has 25 heavy (non-hydrogen) atoms. The Bertz CT molecular complexity index is 339. The normalized spacial score (nSPS) is 11.9. The predicted octanol–water partition coefficient (Wildman–Crippen LogP) is 5.23. The highest BCUT2D eigenvalue weighted by Crippen LogP contribution is 2.13. The molecule has 1 unspecified atom stereocenters. The summed E-state index contributed by atoms with van der Waals surface area (Å²) in [7, 11) is 0. The van der Waals surface area contributed by atoms with Crippen molar-refractivity contribution in [1.29, 1.82) is 0 Å². The topological polar surface area (TPSA) is 75.6 Å². The SMILES string of the molecule is CCCCCCCCCCCCSCC(NC(=O)OCCC)C(=O)O. The Morgan fingerprint density at radius 2 is 1.48 bits per heavy atom. The first kappa shape index (κ1) is 24.1. The summed E-state index contributed by atoms with van der Waals surface area (Å²) in [6.07, 6.45) is 13.0. The minimum absolute atomic E-state index is 0.309. The Balaban J connectivity index is 3.53. The molecule has 6 heteroatoms. The van der Waals surface area contributed by atoms with Crippen molar-refractivity contribution in [3.8, 4) is 0 Å². The fraction of sp³-hybridized carbons (Fsp3) is 0.895. The van der Waals surface area contributed by atoms with Gasteiger partial charge in [-0.3, -0.25) is 0 Å². The maximum atomic E-state index is 11.4. The Labute approximate surface area is 157 Å². The molecular formula is C19H37NO4S. The van der Waals surface area contributed by atoms with E-state index in [1.165, 1.54) is 57.8 Å². The number of thioether (sulfide) groups is 1. The van der Waals surface area contributed by atoms with Crippen molar-refractivity contribution in [3.63, 3.8) is 0 Å². The number of carboxylic acid groups (broad SMARTS) is 1. The second-order valence-corrected chi connectivity index (χ2v) is 7.58. The van der Waals surface area contributed by atoms with Crippen LogP contribution in [0, 0.1) is 0 Å². The second-order valence-electron chi connectivity index (χ2n) is 6.43. The van der Waals surface area contributed by atoms with Crippen LogP contribution in [0.4, 0.5) is 4.79 Å². The first-order valence-corrected chi connectivity index (χ1v) is 11.0. The summed E-state index contributed by atoms with van der Waals surface area (Å²) in [5.41, 5.74) is 0. The molecule has 148 valence electrons. The third kappa shape index (κ3) is 16.3. The zero-order valence-electron chi connectivity index (χ0n) is 16.1. The Morgan fingerprint density at radius 3 is 2.00 bits per heavy atom. The van der Waals surface area contributed by atoms with Gasteiger partial charge in [0.25, 0.3) is 0 Å². The fourth-order valence-electron chi connectivity index (χ4n) is 2.45. The Hall–Kier alpha value is -0.910. The lowest BCUT2D eigenvalue weighted by Crippen LogP contribution is -2.43. The molecule has 0 fully saturated rings. The quantitative estimate of drug-likeness (QED) is 0.340. The third-order valence-corrected chi connectivity index (χ3v) is 5.10. The van der Waals surface area contributed by atoms with Crippen molar-refractivity contribution >= 4 is 23.8 Å². The van der Waals surface area contributed by atoms with Gasteiger partial charge in [0.2, 0.25) is 0 Å². The van der Waals surface area contributed by atoms with Gasteiger partial charge in [-0.2, -0.15) is 11.8 Å². The summed E-state index contributed by atoms with van der Waals surface area (Å²) >= 11 is 1.58. The minimum Gasteiger partial charge on any atom is -0.480 e. The van der Waals surface area contributed by atoms with Gasteiger partial charge in [-0.25, -0.2) is 9.59 Å². The fourth-order valence-corrected chi connectivity index (χ4v) is 3.48. The summed E-state index contributed by atoms with van der Waals surface area (Å²) in [4.78, 5) is 22.6. The molecule has 0 aromatic rings. The Morgan fingerprint density at radius 1 is 0.920 bits per heavy atom. The van der Waals surface area contributed by atoms with Crippen LogP contribution < -0.4 is 5.32 Å². The summed E-state index contributed by atoms with van der Waals surface area (Å²) in [5.74, 6) is 0.309. The number of hydrogen-bond acceptors (Lipinski definition) is 4. The van der Waals surface area contributed by atoms with Crippen LogP contribution in [-0.4, -0.2) is 41.3 Å². The van der Waals surface area contributed by atoms with Gasteiger partial charge in [-0.15, -0.1) is 0 Å². The standard InChI is InChI=1S/C19H37NO4S/c1-3-5-6-7-8-9-10-11-12-13-15-25-16-17(18(21)22)20-19(23)24-14-4-2/h17H,3-16H2,1-2H3,(H,20,23)(H,21,22). The number of hydrogen-bond donors (Lipinski definition) is 2. The maximum Gasteiger partial charge on any atom is 0.407 e. The molecule has 0 aromatic carbocycles. The number of rotatable bonds is 17. The van der Waals surface area contributed by atoms with E-state index in [9.17, 15) is 9.59 Å². The highest BCUT2D eigenvalue weighted by Gasteiger charge is 2.20. The van der Waals surface area contributed by atoms with Gasteiger partial charge in [0.15, 0.2) is 0 Å². The number of aliphatic carboxylic acids is 1. The molecule has 0 bridgehead atoms. The van der Waals surface area contributed by atoms with Crippen molar-refractivity contribution in [2.75, 3.05) is 18.1 Å². The number of nitrogens with one attached hydrogen (secondary N) is 1. The van der Waals surface area contributed by atoms with Crippen LogP contribution >= 0.6 is 11.8 Å². The molecule has 0 aliphatic heterocycles. The average Bonchev–Trinajstić information content (AvgIpc) is 2.59. The number of ether oxygens (including phenoxy) is 1. The lowest BCUT2D eigenvalue weighted by atomic mass is 10.1. The molecule has 0 aliphatic carbocycles. The number of alkyl carbamates (subject to hydrolysis) is 1. The van der Waals surface area contributed by atoms with Gasteiger partial charge < -0.3 is 15.2 Å². The maximum absolute atomic E-state index is 11.4. The number of unbranched alkanes of at least 4 members (excludes halogenated alkanes) is 9.